The van der Waals surface area contributed by atoms with Crippen LogP contribution >= 0.6 is 159 Å². The van der Waals surface area contributed by atoms with E-state index < -0.39 is 9.70 Å². The Bertz CT molecular complexity index is 781. The van der Waals surface area contributed by atoms with Crippen LogP contribution in [-0.4, -0.2) is 5.38 Å². The zero-order valence-corrected chi connectivity index (χ0v) is 27.6. The Labute approximate surface area is 230 Å². The molecule has 0 aromatic heterocycles. The number of rotatable bonds is 3. The molecule has 0 saturated carbocycles. The molecule has 25 heavy (non-hydrogen) atoms. The predicted octanol–water partition coefficient (Wildman–Crippen LogP) is 10.7. The van der Waals surface area contributed by atoms with Crippen LogP contribution in [0.15, 0.2) is 54.3 Å². The molecular weight excluding hydrogens is 979 g/mol. The SMILES string of the molecule is Brc1cc(C(Br)(c2ccccc2)C(Br)(Br)C(Br)(Br)Br)c(Br)c(Br)c1Br. The van der Waals surface area contributed by atoms with E-state index in [9.17, 15) is 0 Å². The summed E-state index contributed by atoms with van der Waals surface area (Å²) in [4.78, 5) is 0. The van der Waals surface area contributed by atoms with Crippen molar-refractivity contribution in [1.82, 2.24) is 0 Å². The number of hydrogen-bond donors (Lipinski definition) is 0. The molecule has 1 atom stereocenters. The van der Waals surface area contributed by atoms with Crippen LogP contribution < -0.4 is 0 Å². The first-order valence-corrected chi connectivity index (χ1v) is 14.3. The fraction of sp³-hybridized carbons (Fsp3) is 0.200. The minimum atomic E-state index is -0.726. The van der Waals surface area contributed by atoms with Gasteiger partial charge in [0.2, 0.25) is 0 Å². The van der Waals surface area contributed by atoms with E-state index >= 15 is 0 Å². The molecule has 0 aliphatic heterocycles. The third-order valence-electron chi connectivity index (χ3n) is 3.43. The lowest BCUT2D eigenvalue weighted by Gasteiger charge is -2.45. The molecule has 1 unspecified atom stereocenters. The maximum Gasteiger partial charge on any atom is 0.161 e. The highest BCUT2D eigenvalue weighted by molar-refractivity contribution is 9.41. The summed E-state index contributed by atoms with van der Waals surface area (Å²) in [5, 5.41) is 0. The fourth-order valence-electron chi connectivity index (χ4n) is 2.19. The lowest BCUT2D eigenvalue weighted by molar-refractivity contribution is 0.704. The van der Waals surface area contributed by atoms with Crippen molar-refractivity contribution in [3.8, 4) is 0 Å². The van der Waals surface area contributed by atoms with Crippen LogP contribution in [-0.2, 0) is 4.32 Å². The number of alkyl halides is 6. The first-order chi connectivity index (χ1) is 11.4. The first-order valence-electron chi connectivity index (χ1n) is 6.38. The van der Waals surface area contributed by atoms with Gasteiger partial charge >= 0.3 is 0 Å². The third-order valence-corrected chi connectivity index (χ3v) is 18.0. The quantitative estimate of drug-likeness (QED) is 0.163. The Kier molecular flexibility index (Phi) is 8.98. The molecular formula is C15H6Br10. The maximum absolute atomic E-state index is 4.03. The highest BCUT2D eigenvalue weighted by atomic mass is 80.0. The molecule has 0 nitrogen and oxygen atoms in total. The molecule has 10 heteroatoms. The minimum Gasteiger partial charge on any atom is -0.0722 e. The topological polar surface area (TPSA) is 0 Å². The first kappa shape index (κ1) is 24.5. The monoisotopic (exact) mass is 975 g/mol. The number of benzene rings is 2. The van der Waals surface area contributed by atoms with E-state index in [0.29, 0.717) is 0 Å². The lowest BCUT2D eigenvalue weighted by atomic mass is 9.88. The Morgan fingerprint density at radius 2 is 1.16 bits per heavy atom. The Morgan fingerprint density at radius 1 is 0.640 bits per heavy atom. The van der Waals surface area contributed by atoms with Crippen molar-refractivity contribution >= 4 is 159 Å². The van der Waals surface area contributed by atoms with E-state index in [4.69, 9.17) is 0 Å². The van der Waals surface area contributed by atoms with E-state index in [1.165, 1.54) is 0 Å². The van der Waals surface area contributed by atoms with Crippen molar-refractivity contribution in [3.63, 3.8) is 0 Å². The highest BCUT2D eigenvalue weighted by Crippen LogP contribution is 2.67. The zero-order chi connectivity index (χ0) is 19.2. The van der Waals surface area contributed by atoms with Crippen LogP contribution in [0.1, 0.15) is 11.1 Å². The Balaban J connectivity index is 2.93. The predicted molar refractivity (Wildman–Crippen MR) is 143 cm³/mol. The van der Waals surface area contributed by atoms with Crippen molar-refractivity contribution in [1.29, 1.82) is 0 Å². The number of halogens is 10. The van der Waals surface area contributed by atoms with Crippen LogP contribution in [0, 0.1) is 0 Å². The average molecular weight is 985 g/mol. The second-order valence-electron chi connectivity index (χ2n) is 4.94. The van der Waals surface area contributed by atoms with Gasteiger partial charge < -0.3 is 0 Å². The standard InChI is InChI=1S/C15H6Br10/c16-9-6-8(10(17)12(19)11(9)18)13(20,7-4-2-1-3-5-7)14(21,22)15(23,24)25/h1-6H. The van der Waals surface area contributed by atoms with Crippen molar-refractivity contribution < 1.29 is 0 Å². The summed E-state index contributed by atoms with van der Waals surface area (Å²) in [6, 6.07) is 12.2. The van der Waals surface area contributed by atoms with Gasteiger partial charge in [-0.15, -0.1) is 0 Å². The van der Waals surface area contributed by atoms with E-state index in [0.717, 1.165) is 29.0 Å². The fourth-order valence-corrected chi connectivity index (χ4v) is 8.22. The Morgan fingerprint density at radius 3 is 1.64 bits per heavy atom. The third kappa shape index (κ3) is 4.63. The van der Waals surface area contributed by atoms with Gasteiger partial charge in [-0.05, 0) is 80.9 Å². The van der Waals surface area contributed by atoms with Gasteiger partial charge in [0.1, 0.15) is 7.56 Å². The van der Waals surface area contributed by atoms with Crippen LogP contribution in [0.25, 0.3) is 0 Å². The summed E-state index contributed by atoms with van der Waals surface area (Å²) < 4.78 is 1.60. The van der Waals surface area contributed by atoms with E-state index in [1.54, 1.807) is 0 Å². The second kappa shape index (κ2) is 9.16. The molecule has 2 aromatic rings. The molecule has 0 spiro atoms. The minimum absolute atomic E-state index is 0.676. The summed E-state index contributed by atoms with van der Waals surface area (Å²) in [6.45, 7) is 0. The van der Waals surface area contributed by atoms with Crippen molar-refractivity contribution in [3.05, 3.63) is 65.4 Å². The molecule has 0 fully saturated rings. The smallest absolute Gasteiger partial charge is 0.0722 e. The van der Waals surface area contributed by atoms with E-state index in [2.05, 4.69) is 177 Å². The van der Waals surface area contributed by atoms with Gasteiger partial charge in [-0.1, -0.05) is 126 Å². The molecule has 2 rings (SSSR count). The van der Waals surface area contributed by atoms with Gasteiger partial charge in [-0.2, -0.15) is 0 Å². The van der Waals surface area contributed by atoms with E-state index in [1.807, 2.05) is 18.2 Å². The molecule has 136 valence electrons. The van der Waals surface area contributed by atoms with Crippen LogP contribution in [0.5, 0.6) is 0 Å². The molecule has 2 aromatic carbocycles. The van der Waals surface area contributed by atoms with Crippen LogP contribution in [0.2, 0.25) is 0 Å². The maximum atomic E-state index is 4.03. The summed E-state index contributed by atoms with van der Waals surface area (Å²) in [5.74, 6) is 0. The largest absolute Gasteiger partial charge is 0.161 e. The molecule has 0 aliphatic rings. The van der Waals surface area contributed by atoms with Gasteiger partial charge in [0.15, 0.2) is 2.14 Å². The van der Waals surface area contributed by atoms with Crippen LogP contribution in [0.3, 0.4) is 0 Å². The van der Waals surface area contributed by atoms with E-state index in [-0.39, 0.29) is 0 Å². The Hall–Kier alpha value is 3.24. The molecule has 0 aliphatic carbocycles. The van der Waals surface area contributed by atoms with Crippen molar-refractivity contribution in [2.24, 2.45) is 0 Å². The average Bonchev–Trinajstić information content (AvgIpc) is 2.55. The lowest BCUT2D eigenvalue weighted by Crippen LogP contribution is -2.47. The molecule has 0 amide bonds. The molecule has 0 N–H and O–H groups in total. The van der Waals surface area contributed by atoms with Gasteiger partial charge in [0.05, 0.1) is 0 Å². The summed E-state index contributed by atoms with van der Waals surface area (Å²) in [7, 11) is 0. The highest BCUT2D eigenvalue weighted by Gasteiger charge is 2.60. The molecule has 0 heterocycles. The number of hydrogen-bond acceptors (Lipinski definition) is 0. The molecule has 0 bridgehead atoms. The summed E-state index contributed by atoms with van der Waals surface area (Å²) in [5.41, 5.74) is 2.05. The normalized spacial score (nSPS) is 15.1. The van der Waals surface area contributed by atoms with Crippen molar-refractivity contribution in [2.75, 3.05) is 0 Å². The van der Waals surface area contributed by atoms with Crippen LogP contribution in [0.4, 0.5) is 0 Å². The van der Waals surface area contributed by atoms with Gasteiger partial charge in [-0.25, -0.2) is 0 Å². The second-order valence-corrected chi connectivity index (χ2v) is 19.6. The molecule has 0 saturated heterocycles. The van der Waals surface area contributed by atoms with Crippen molar-refractivity contribution in [2.45, 2.75) is 9.70 Å². The van der Waals surface area contributed by atoms with Gasteiger partial charge in [0, 0.05) is 17.9 Å². The van der Waals surface area contributed by atoms with Gasteiger partial charge in [-0.3, -0.25) is 0 Å². The summed E-state index contributed by atoms with van der Waals surface area (Å²) in [6.07, 6.45) is 0. The zero-order valence-electron chi connectivity index (χ0n) is 11.7. The summed E-state index contributed by atoms with van der Waals surface area (Å²) >= 11 is 37.4. The van der Waals surface area contributed by atoms with Gasteiger partial charge in [0.25, 0.3) is 0 Å². The molecule has 0 radical (unpaired) electrons.